The molecule has 1 amide bonds. The smallest absolute Gasteiger partial charge is 0.269 e. The Bertz CT molecular complexity index is 1310. The number of amides is 1. The van der Waals surface area contributed by atoms with Gasteiger partial charge in [-0.2, -0.15) is 0 Å². The van der Waals surface area contributed by atoms with Gasteiger partial charge in [0.1, 0.15) is 12.4 Å². The monoisotopic (exact) mass is 425 g/mol. The molecule has 0 aliphatic carbocycles. The Morgan fingerprint density at radius 1 is 1.13 bits per heavy atom. The number of fused-ring (bicyclic) bond motifs is 1. The molecule has 9 nitrogen and oxygen atoms in total. The number of carbonyl (C=O) groups excluding carboxylic acids is 1. The van der Waals surface area contributed by atoms with E-state index in [1.54, 1.807) is 30.3 Å². The van der Waals surface area contributed by atoms with Gasteiger partial charge in [0.2, 0.25) is 5.91 Å². The zero-order chi connectivity index (χ0) is 21.1. The summed E-state index contributed by atoms with van der Waals surface area (Å²) in [6.07, 6.45) is 2.57. The molecule has 0 bridgehead atoms. The summed E-state index contributed by atoms with van der Waals surface area (Å²) in [7, 11) is -3.79. The van der Waals surface area contributed by atoms with Crippen LogP contribution >= 0.6 is 0 Å². The molecule has 154 valence electrons. The first kappa shape index (κ1) is 19.8. The number of rotatable bonds is 5. The lowest BCUT2D eigenvalue weighted by Gasteiger charge is -2.12. The molecule has 0 saturated heterocycles. The van der Waals surface area contributed by atoms with Crippen LogP contribution in [0.3, 0.4) is 0 Å². The lowest BCUT2D eigenvalue weighted by Crippen LogP contribution is -2.29. The molecule has 0 fully saturated rings. The first-order valence-corrected chi connectivity index (χ1v) is 10.8. The summed E-state index contributed by atoms with van der Waals surface area (Å²) in [6, 6.07) is 12.9. The maximum absolute atomic E-state index is 12.6. The Morgan fingerprint density at radius 2 is 1.97 bits per heavy atom. The molecule has 30 heavy (non-hydrogen) atoms. The van der Waals surface area contributed by atoms with Crippen molar-refractivity contribution in [2.75, 3.05) is 11.9 Å². The van der Waals surface area contributed by atoms with Crippen LogP contribution in [0.15, 0.2) is 69.4 Å². The molecule has 2 aromatic carbocycles. The van der Waals surface area contributed by atoms with E-state index in [-0.39, 0.29) is 11.4 Å². The topological polar surface area (TPSA) is 123 Å². The van der Waals surface area contributed by atoms with Crippen LogP contribution in [-0.4, -0.2) is 36.3 Å². The Kier molecular flexibility index (Phi) is 5.32. The number of anilines is 1. The van der Waals surface area contributed by atoms with Gasteiger partial charge >= 0.3 is 0 Å². The minimum atomic E-state index is -3.79. The number of para-hydroxylation sites is 2. The maximum atomic E-state index is 12.6. The second-order valence-electron chi connectivity index (χ2n) is 6.78. The third-order valence-electron chi connectivity index (χ3n) is 4.61. The Hall–Kier alpha value is -3.53. The van der Waals surface area contributed by atoms with Gasteiger partial charge in [0.05, 0.1) is 22.1 Å². The first-order valence-electron chi connectivity index (χ1n) is 9.33. The molecule has 2 heterocycles. The number of hydrogen-bond donors (Lipinski definition) is 2. The van der Waals surface area contributed by atoms with E-state index >= 15 is 0 Å². The number of sulfonamides is 1. The number of benzene rings is 2. The summed E-state index contributed by atoms with van der Waals surface area (Å²) in [6.45, 7) is 0.380. The molecule has 10 heteroatoms. The minimum Gasteiger partial charge on any atom is -0.324 e. The van der Waals surface area contributed by atoms with Crippen molar-refractivity contribution in [3.63, 3.8) is 0 Å². The highest BCUT2D eigenvalue weighted by Gasteiger charge is 2.19. The van der Waals surface area contributed by atoms with Crippen molar-refractivity contribution in [2.45, 2.75) is 24.3 Å². The lowest BCUT2D eigenvalue weighted by molar-refractivity contribution is -0.116. The van der Waals surface area contributed by atoms with Gasteiger partial charge in [0.25, 0.3) is 15.6 Å². The summed E-state index contributed by atoms with van der Waals surface area (Å²) in [5.74, 6) is -0.0236. The van der Waals surface area contributed by atoms with Gasteiger partial charge in [-0.1, -0.05) is 18.2 Å². The normalized spacial score (nSPS) is 13.8. The largest absolute Gasteiger partial charge is 0.324 e. The van der Waals surface area contributed by atoms with E-state index in [4.69, 9.17) is 0 Å². The molecule has 0 saturated carbocycles. The van der Waals surface area contributed by atoms with Crippen molar-refractivity contribution in [1.29, 1.82) is 0 Å². The summed E-state index contributed by atoms with van der Waals surface area (Å²) < 4.78 is 28.9. The standard InChI is InChI=1S/C20H19N5O4S/c26-19(13-25-17-8-2-1-7-16(17)22-12-20(25)27)23-14-5-3-6-15(11-14)30(28,29)24-18-9-4-10-21-18/h1-3,5-8,11-12H,4,9-10,13H2,(H,21,24)(H,23,26). The van der Waals surface area contributed by atoms with Gasteiger partial charge in [-0.25, -0.2) is 13.4 Å². The predicted molar refractivity (Wildman–Crippen MR) is 113 cm³/mol. The SMILES string of the molecule is O=C(Cn1c(=O)cnc2ccccc21)Nc1cccc(S(=O)(=O)NC2=NCCC2)c1. The van der Waals surface area contributed by atoms with E-state index in [1.165, 1.54) is 29.0 Å². The number of aliphatic imine (C=N–C) groups is 1. The van der Waals surface area contributed by atoms with Crippen molar-refractivity contribution in [2.24, 2.45) is 4.99 Å². The highest BCUT2D eigenvalue weighted by molar-refractivity contribution is 7.90. The van der Waals surface area contributed by atoms with Crippen LogP contribution in [0.5, 0.6) is 0 Å². The maximum Gasteiger partial charge on any atom is 0.269 e. The number of hydrogen-bond acceptors (Lipinski definition) is 6. The number of nitrogens with zero attached hydrogens (tertiary/aromatic N) is 3. The third kappa shape index (κ3) is 4.23. The van der Waals surface area contributed by atoms with Gasteiger partial charge < -0.3 is 5.32 Å². The molecule has 0 atom stereocenters. The molecular weight excluding hydrogens is 406 g/mol. The molecule has 1 aliphatic rings. The fraction of sp³-hybridized carbons (Fsp3) is 0.200. The van der Waals surface area contributed by atoms with Gasteiger partial charge in [-0.05, 0) is 36.8 Å². The van der Waals surface area contributed by atoms with Crippen LogP contribution in [-0.2, 0) is 21.4 Å². The van der Waals surface area contributed by atoms with Crippen LogP contribution in [0.1, 0.15) is 12.8 Å². The van der Waals surface area contributed by atoms with E-state index in [9.17, 15) is 18.0 Å². The zero-order valence-electron chi connectivity index (χ0n) is 15.9. The van der Waals surface area contributed by atoms with Crippen LogP contribution < -0.4 is 15.6 Å². The molecule has 4 rings (SSSR count). The summed E-state index contributed by atoms with van der Waals surface area (Å²) >= 11 is 0. The van der Waals surface area contributed by atoms with Crippen molar-refractivity contribution in [1.82, 2.24) is 14.3 Å². The summed E-state index contributed by atoms with van der Waals surface area (Å²) in [5.41, 5.74) is 1.04. The number of aromatic nitrogens is 2. The van der Waals surface area contributed by atoms with E-state index in [0.717, 1.165) is 6.42 Å². The van der Waals surface area contributed by atoms with Crippen molar-refractivity contribution in [3.8, 4) is 0 Å². The molecular formula is C20H19N5O4S. The Labute approximate surface area is 172 Å². The Morgan fingerprint density at radius 3 is 2.77 bits per heavy atom. The molecule has 3 aromatic rings. The van der Waals surface area contributed by atoms with Gasteiger partial charge in [0, 0.05) is 18.7 Å². The zero-order valence-corrected chi connectivity index (χ0v) is 16.7. The van der Waals surface area contributed by atoms with Crippen molar-refractivity contribution >= 4 is 38.5 Å². The number of carbonyl (C=O) groups is 1. The van der Waals surface area contributed by atoms with Crippen LogP contribution in [0.25, 0.3) is 11.0 Å². The minimum absolute atomic E-state index is 0.0152. The van der Waals surface area contributed by atoms with Crippen molar-refractivity contribution < 1.29 is 13.2 Å². The van der Waals surface area contributed by atoms with E-state index < -0.39 is 21.5 Å². The van der Waals surface area contributed by atoms with Crippen LogP contribution in [0, 0.1) is 0 Å². The molecule has 0 radical (unpaired) electrons. The number of amidine groups is 1. The highest BCUT2D eigenvalue weighted by Crippen LogP contribution is 2.17. The average molecular weight is 425 g/mol. The fourth-order valence-corrected chi connectivity index (χ4v) is 4.33. The molecule has 2 N–H and O–H groups in total. The van der Waals surface area contributed by atoms with E-state index in [2.05, 4.69) is 20.0 Å². The summed E-state index contributed by atoms with van der Waals surface area (Å²) in [5, 5.41) is 2.65. The lowest BCUT2D eigenvalue weighted by atomic mass is 10.3. The predicted octanol–water partition coefficient (Wildman–Crippen LogP) is 1.51. The van der Waals surface area contributed by atoms with E-state index in [1.807, 2.05) is 0 Å². The van der Waals surface area contributed by atoms with Gasteiger partial charge in [0.15, 0.2) is 0 Å². The molecule has 0 unspecified atom stereocenters. The van der Waals surface area contributed by atoms with Gasteiger partial charge in [-0.15, -0.1) is 0 Å². The Balaban J connectivity index is 1.53. The second kappa shape index (κ2) is 8.07. The molecule has 1 aliphatic heterocycles. The number of nitrogens with one attached hydrogen (secondary N) is 2. The highest BCUT2D eigenvalue weighted by atomic mass is 32.2. The first-order chi connectivity index (χ1) is 14.4. The second-order valence-corrected chi connectivity index (χ2v) is 8.47. The fourth-order valence-electron chi connectivity index (χ4n) is 3.20. The van der Waals surface area contributed by atoms with Crippen LogP contribution in [0.2, 0.25) is 0 Å². The molecule has 0 spiro atoms. The molecule has 1 aromatic heterocycles. The van der Waals surface area contributed by atoms with Crippen LogP contribution in [0.4, 0.5) is 5.69 Å². The van der Waals surface area contributed by atoms with Crippen molar-refractivity contribution in [3.05, 3.63) is 65.1 Å². The van der Waals surface area contributed by atoms with E-state index in [0.29, 0.717) is 35.5 Å². The third-order valence-corrected chi connectivity index (χ3v) is 5.99. The summed E-state index contributed by atoms with van der Waals surface area (Å²) in [4.78, 5) is 32.9. The van der Waals surface area contributed by atoms with Gasteiger partial charge in [-0.3, -0.25) is 23.9 Å². The quantitative estimate of drug-likeness (QED) is 0.641. The average Bonchev–Trinajstić information content (AvgIpc) is 3.23.